The number of hydrogen-bond acceptors (Lipinski definition) is 5. The van der Waals surface area contributed by atoms with Gasteiger partial charge in [0.05, 0.1) is 32.5 Å². The smallest absolute Gasteiger partial charge is 0.407 e. The van der Waals surface area contributed by atoms with Crippen molar-refractivity contribution in [2.45, 2.75) is 45.6 Å². The van der Waals surface area contributed by atoms with Crippen LogP contribution in [-0.4, -0.2) is 37.1 Å². The molecule has 0 spiro atoms. The van der Waals surface area contributed by atoms with E-state index in [0.717, 1.165) is 16.9 Å². The molecule has 2 aromatic carbocycles. The van der Waals surface area contributed by atoms with Gasteiger partial charge in [0.25, 0.3) is 0 Å². The first-order chi connectivity index (χ1) is 14.9. The van der Waals surface area contributed by atoms with Crippen LogP contribution in [0.25, 0.3) is 0 Å². The lowest BCUT2D eigenvalue weighted by Gasteiger charge is -2.27. The van der Waals surface area contributed by atoms with Gasteiger partial charge in [-0.2, -0.15) is 0 Å². The number of aliphatic hydroxyl groups is 1. The maximum absolute atomic E-state index is 12.3. The van der Waals surface area contributed by atoms with E-state index in [0.29, 0.717) is 18.6 Å². The zero-order chi connectivity index (χ0) is 22.6. The Morgan fingerprint density at radius 1 is 1.03 bits per heavy atom. The summed E-state index contributed by atoms with van der Waals surface area (Å²) in [5.41, 5.74) is 2.39. The average molecular weight is 428 g/mol. The molecule has 0 saturated carbocycles. The lowest BCUT2D eigenvalue weighted by molar-refractivity contribution is 0.0878. The number of hydrogen-bond donors (Lipinski definition) is 2. The van der Waals surface area contributed by atoms with Gasteiger partial charge >= 0.3 is 6.09 Å². The van der Waals surface area contributed by atoms with Gasteiger partial charge in [-0.1, -0.05) is 62.9 Å². The number of benzene rings is 2. The van der Waals surface area contributed by atoms with Crippen molar-refractivity contribution in [1.29, 1.82) is 0 Å². The standard InChI is InChI=1S/C25H33NO5/c1-18(2)14-23(26-25(28)31-17-20-8-6-5-7-9-20)24(27)19(3)15-30-16-21-10-12-22(29-4)13-11-21/h5-13,18,23-24,27H,3,14-17H2,1-2,4H3,(H,26,28)/t23-,24+/m0/s1. The number of ether oxygens (including phenoxy) is 3. The van der Waals surface area contributed by atoms with Crippen molar-refractivity contribution in [2.24, 2.45) is 5.92 Å². The van der Waals surface area contributed by atoms with Crippen LogP contribution in [0.15, 0.2) is 66.7 Å². The summed E-state index contributed by atoms with van der Waals surface area (Å²) in [5, 5.41) is 13.5. The molecule has 31 heavy (non-hydrogen) atoms. The first-order valence-electron chi connectivity index (χ1n) is 10.4. The minimum Gasteiger partial charge on any atom is -0.497 e. The summed E-state index contributed by atoms with van der Waals surface area (Å²) in [5.74, 6) is 1.05. The zero-order valence-corrected chi connectivity index (χ0v) is 18.5. The summed E-state index contributed by atoms with van der Waals surface area (Å²) in [4.78, 5) is 12.3. The molecule has 0 unspecified atom stereocenters. The van der Waals surface area contributed by atoms with Crippen molar-refractivity contribution in [1.82, 2.24) is 5.32 Å². The predicted octanol–water partition coefficient (Wildman–Crippen LogP) is 4.47. The highest BCUT2D eigenvalue weighted by atomic mass is 16.5. The molecular weight excluding hydrogens is 394 g/mol. The van der Waals surface area contributed by atoms with Gasteiger partial charge in [-0.25, -0.2) is 4.79 Å². The van der Waals surface area contributed by atoms with Crippen molar-refractivity contribution < 1.29 is 24.1 Å². The van der Waals surface area contributed by atoms with Gasteiger partial charge in [0, 0.05) is 0 Å². The van der Waals surface area contributed by atoms with Crippen LogP contribution >= 0.6 is 0 Å². The summed E-state index contributed by atoms with van der Waals surface area (Å²) in [7, 11) is 1.62. The molecule has 2 rings (SSSR count). The Morgan fingerprint density at radius 3 is 2.29 bits per heavy atom. The van der Waals surface area contributed by atoms with Crippen molar-refractivity contribution in [2.75, 3.05) is 13.7 Å². The number of nitrogens with one attached hydrogen (secondary N) is 1. The zero-order valence-electron chi connectivity index (χ0n) is 18.5. The molecule has 0 aromatic heterocycles. The lowest BCUT2D eigenvalue weighted by Crippen LogP contribution is -2.45. The van der Waals surface area contributed by atoms with E-state index in [9.17, 15) is 9.90 Å². The molecule has 6 nitrogen and oxygen atoms in total. The van der Waals surface area contributed by atoms with Gasteiger partial charge in [0.15, 0.2) is 0 Å². The Morgan fingerprint density at radius 2 is 1.68 bits per heavy atom. The highest BCUT2D eigenvalue weighted by Gasteiger charge is 2.25. The SMILES string of the molecule is C=C(COCc1ccc(OC)cc1)[C@@H](O)[C@H](CC(C)C)NC(=O)OCc1ccccc1. The molecule has 2 N–H and O–H groups in total. The fourth-order valence-corrected chi connectivity index (χ4v) is 3.08. The second-order valence-corrected chi connectivity index (χ2v) is 7.89. The summed E-state index contributed by atoms with van der Waals surface area (Å²) in [6.07, 6.45) is -0.929. The fraction of sp³-hybridized carbons (Fsp3) is 0.400. The Balaban J connectivity index is 1.84. The van der Waals surface area contributed by atoms with E-state index in [1.807, 2.05) is 68.4 Å². The average Bonchev–Trinajstić information content (AvgIpc) is 2.77. The molecule has 0 heterocycles. The molecule has 0 fully saturated rings. The minimum atomic E-state index is -0.942. The largest absolute Gasteiger partial charge is 0.497 e. The van der Waals surface area contributed by atoms with E-state index in [2.05, 4.69) is 11.9 Å². The maximum atomic E-state index is 12.3. The van der Waals surface area contributed by atoms with Crippen LogP contribution in [0, 0.1) is 5.92 Å². The highest BCUT2D eigenvalue weighted by Crippen LogP contribution is 2.16. The summed E-state index contributed by atoms with van der Waals surface area (Å²) in [6.45, 7) is 8.75. The van der Waals surface area contributed by atoms with Crippen LogP contribution in [0.5, 0.6) is 5.75 Å². The lowest BCUT2D eigenvalue weighted by atomic mass is 9.95. The first kappa shape index (κ1) is 24.4. The number of alkyl carbamates (subject to hydrolysis) is 1. The van der Waals surface area contributed by atoms with Crippen LogP contribution < -0.4 is 10.1 Å². The quantitative estimate of drug-likeness (QED) is 0.489. The van der Waals surface area contributed by atoms with Crippen molar-refractivity contribution in [3.05, 3.63) is 77.9 Å². The number of aliphatic hydroxyl groups excluding tert-OH is 1. The number of carbonyl (C=O) groups is 1. The maximum Gasteiger partial charge on any atom is 0.407 e. The van der Waals surface area contributed by atoms with E-state index in [1.165, 1.54) is 0 Å². The molecule has 0 saturated heterocycles. The second kappa shape index (κ2) is 12.8. The number of carbonyl (C=O) groups excluding carboxylic acids is 1. The molecule has 1 amide bonds. The van der Waals surface area contributed by atoms with Crippen molar-refractivity contribution in [3.8, 4) is 5.75 Å². The van der Waals surface area contributed by atoms with Gasteiger partial charge in [0.2, 0.25) is 0 Å². The van der Waals surface area contributed by atoms with E-state index in [-0.39, 0.29) is 19.1 Å². The van der Waals surface area contributed by atoms with Crippen LogP contribution in [0.1, 0.15) is 31.4 Å². The van der Waals surface area contributed by atoms with Gasteiger partial charge in [-0.3, -0.25) is 0 Å². The Bertz CT molecular complexity index is 804. The van der Waals surface area contributed by atoms with E-state index < -0.39 is 18.2 Å². The summed E-state index contributed by atoms with van der Waals surface area (Å²) in [6, 6.07) is 16.5. The van der Waals surface area contributed by atoms with Crippen LogP contribution in [0.2, 0.25) is 0 Å². The summed E-state index contributed by atoms with van der Waals surface area (Å²) < 4.78 is 16.1. The molecule has 0 aliphatic heterocycles. The van der Waals surface area contributed by atoms with Crippen molar-refractivity contribution in [3.63, 3.8) is 0 Å². The van der Waals surface area contributed by atoms with E-state index >= 15 is 0 Å². The number of methoxy groups -OCH3 is 1. The van der Waals surface area contributed by atoms with Crippen LogP contribution in [0.4, 0.5) is 4.79 Å². The highest BCUT2D eigenvalue weighted by molar-refractivity contribution is 5.67. The van der Waals surface area contributed by atoms with Crippen LogP contribution in [-0.2, 0) is 22.7 Å². The second-order valence-electron chi connectivity index (χ2n) is 7.89. The molecule has 0 aliphatic carbocycles. The number of amides is 1. The summed E-state index contributed by atoms with van der Waals surface area (Å²) >= 11 is 0. The third kappa shape index (κ3) is 8.82. The Kier molecular flexibility index (Phi) is 10.1. The van der Waals surface area contributed by atoms with E-state index in [4.69, 9.17) is 14.2 Å². The third-order valence-corrected chi connectivity index (χ3v) is 4.76. The molecule has 2 aromatic rings. The van der Waals surface area contributed by atoms with Gasteiger partial charge in [-0.15, -0.1) is 0 Å². The topological polar surface area (TPSA) is 77.0 Å². The third-order valence-electron chi connectivity index (χ3n) is 4.76. The molecule has 168 valence electrons. The minimum absolute atomic E-state index is 0.170. The normalized spacial score (nSPS) is 12.8. The van der Waals surface area contributed by atoms with Crippen molar-refractivity contribution >= 4 is 6.09 Å². The molecular formula is C25H33NO5. The predicted molar refractivity (Wildman–Crippen MR) is 121 cm³/mol. The monoisotopic (exact) mass is 427 g/mol. The van der Waals surface area contributed by atoms with Gasteiger partial charge < -0.3 is 24.6 Å². The molecule has 2 atom stereocenters. The Labute approximate surface area is 184 Å². The van der Waals surface area contributed by atoms with Gasteiger partial charge in [0.1, 0.15) is 12.4 Å². The van der Waals surface area contributed by atoms with Gasteiger partial charge in [-0.05, 0) is 41.2 Å². The molecule has 0 aliphatic rings. The fourth-order valence-electron chi connectivity index (χ4n) is 3.08. The Hall–Kier alpha value is -2.83. The van der Waals surface area contributed by atoms with Crippen LogP contribution in [0.3, 0.4) is 0 Å². The molecule has 6 heteroatoms. The molecule has 0 bridgehead atoms. The first-order valence-corrected chi connectivity index (χ1v) is 10.4. The van der Waals surface area contributed by atoms with E-state index in [1.54, 1.807) is 7.11 Å². The number of rotatable bonds is 12. The molecule has 0 radical (unpaired) electrons.